The minimum absolute atomic E-state index is 0.191. The number of aromatic amines is 1. The normalized spacial score (nSPS) is 20.2. The summed E-state index contributed by atoms with van der Waals surface area (Å²) in [6.07, 6.45) is 2.94. The molecule has 1 aromatic heterocycles. The Balaban J connectivity index is 2.25. The Kier molecular flexibility index (Phi) is 1.26. The second-order valence-corrected chi connectivity index (χ2v) is 3.12. The minimum atomic E-state index is -0.191. The Morgan fingerprint density at radius 3 is 2.82 bits per heavy atom. The van der Waals surface area contributed by atoms with Crippen LogP contribution in [0.15, 0.2) is 0 Å². The van der Waals surface area contributed by atoms with Gasteiger partial charge in [-0.05, 0) is 12.8 Å². The average Bonchev–Trinajstić information content (AvgIpc) is 2.61. The van der Waals surface area contributed by atoms with Crippen LogP contribution < -0.4 is 5.73 Å². The number of hydrogen-bond acceptors (Lipinski definition) is 3. The van der Waals surface area contributed by atoms with Crippen molar-refractivity contribution in [2.45, 2.75) is 31.7 Å². The van der Waals surface area contributed by atoms with Crippen LogP contribution in [0.25, 0.3) is 0 Å². The lowest BCUT2D eigenvalue weighted by molar-refractivity contribution is 0.676. The zero-order valence-electron chi connectivity index (χ0n) is 6.59. The van der Waals surface area contributed by atoms with Crippen LogP contribution in [0, 0.1) is 0 Å². The van der Waals surface area contributed by atoms with E-state index in [1.54, 1.807) is 0 Å². The quantitative estimate of drug-likeness (QED) is 0.641. The van der Waals surface area contributed by atoms with Gasteiger partial charge in [-0.15, -0.1) is 0 Å². The van der Waals surface area contributed by atoms with Gasteiger partial charge in [0.05, 0.1) is 5.54 Å². The van der Waals surface area contributed by atoms with Gasteiger partial charge in [-0.1, -0.05) is 6.92 Å². The Bertz CT molecular complexity index is 261. The summed E-state index contributed by atoms with van der Waals surface area (Å²) >= 11 is 0. The molecule has 0 spiro atoms. The van der Waals surface area contributed by atoms with E-state index in [2.05, 4.69) is 15.2 Å². The van der Waals surface area contributed by atoms with E-state index in [1.807, 2.05) is 6.92 Å². The Labute approximate surface area is 65.2 Å². The van der Waals surface area contributed by atoms with Gasteiger partial charge in [0, 0.05) is 6.42 Å². The summed E-state index contributed by atoms with van der Waals surface area (Å²) in [6.45, 7) is 2.04. The highest BCUT2D eigenvalue weighted by molar-refractivity contribution is 5.14. The molecule has 4 heteroatoms. The number of nitrogens with two attached hydrogens (primary N) is 1. The number of H-pyrrole nitrogens is 1. The predicted molar refractivity (Wildman–Crippen MR) is 40.9 cm³/mol. The van der Waals surface area contributed by atoms with E-state index in [0.717, 1.165) is 30.9 Å². The molecular formula is C7H12N4. The standard InChI is InChI=1S/C7H12N4/c1-2-5-9-6(11-10-5)7(8)3-4-7/h2-4,8H2,1H3,(H,9,10,11). The summed E-state index contributed by atoms with van der Waals surface area (Å²) in [5.41, 5.74) is 5.70. The first-order valence-corrected chi connectivity index (χ1v) is 3.95. The number of hydrogen-bond donors (Lipinski definition) is 2. The van der Waals surface area contributed by atoms with Crippen molar-refractivity contribution in [1.29, 1.82) is 0 Å². The highest BCUT2D eigenvalue weighted by Crippen LogP contribution is 2.40. The lowest BCUT2D eigenvalue weighted by Crippen LogP contribution is -2.20. The molecule has 60 valence electrons. The summed E-state index contributed by atoms with van der Waals surface area (Å²) in [6, 6.07) is 0. The molecule has 3 N–H and O–H groups in total. The summed E-state index contributed by atoms with van der Waals surface area (Å²) in [5, 5.41) is 6.92. The van der Waals surface area contributed by atoms with Crippen molar-refractivity contribution in [3.63, 3.8) is 0 Å². The van der Waals surface area contributed by atoms with Crippen molar-refractivity contribution in [2.75, 3.05) is 0 Å². The Morgan fingerprint density at radius 2 is 2.36 bits per heavy atom. The van der Waals surface area contributed by atoms with Gasteiger partial charge in [-0.3, -0.25) is 5.10 Å². The van der Waals surface area contributed by atoms with Gasteiger partial charge >= 0.3 is 0 Å². The van der Waals surface area contributed by atoms with E-state index in [1.165, 1.54) is 0 Å². The van der Waals surface area contributed by atoms with E-state index < -0.39 is 0 Å². The zero-order valence-corrected chi connectivity index (χ0v) is 6.59. The first kappa shape index (κ1) is 6.79. The SMILES string of the molecule is CCc1nc(C2(N)CC2)n[nH]1. The predicted octanol–water partition coefficient (Wildman–Crippen LogP) is 0.315. The zero-order chi connectivity index (χ0) is 7.90. The first-order valence-electron chi connectivity index (χ1n) is 3.95. The fourth-order valence-corrected chi connectivity index (χ4v) is 1.03. The molecule has 1 aliphatic rings. The van der Waals surface area contributed by atoms with Crippen LogP contribution >= 0.6 is 0 Å². The summed E-state index contributed by atoms with van der Waals surface area (Å²) in [5.74, 6) is 1.71. The van der Waals surface area contributed by atoms with Crippen LogP contribution in [0.3, 0.4) is 0 Å². The van der Waals surface area contributed by atoms with Gasteiger partial charge in [0.1, 0.15) is 5.82 Å². The van der Waals surface area contributed by atoms with E-state index in [9.17, 15) is 0 Å². The van der Waals surface area contributed by atoms with Crippen LogP contribution in [0.4, 0.5) is 0 Å². The first-order chi connectivity index (χ1) is 5.24. The fourth-order valence-electron chi connectivity index (χ4n) is 1.03. The summed E-state index contributed by atoms with van der Waals surface area (Å²) in [4.78, 5) is 4.27. The van der Waals surface area contributed by atoms with Crippen molar-refractivity contribution in [3.05, 3.63) is 11.6 Å². The molecule has 1 aliphatic carbocycles. The lowest BCUT2D eigenvalue weighted by Gasteiger charge is -1.98. The van der Waals surface area contributed by atoms with E-state index in [-0.39, 0.29) is 5.54 Å². The average molecular weight is 152 g/mol. The lowest BCUT2D eigenvalue weighted by atomic mass is 10.3. The molecule has 0 unspecified atom stereocenters. The third-order valence-electron chi connectivity index (χ3n) is 2.10. The van der Waals surface area contributed by atoms with Gasteiger partial charge in [-0.25, -0.2) is 4.98 Å². The molecule has 0 amide bonds. The van der Waals surface area contributed by atoms with E-state index >= 15 is 0 Å². The molecule has 0 atom stereocenters. The topological polar surface area (TPSA) is 67.6 Å². The summed E-state index contributed by atoms with van der Waals surface area (Å²) in [7, 11) is 0. The number of rotatable bonds is 2. The molecule has 2 rings (SSSR count). The van der Waals surface area contributed by atoms with Crippen LogP contribution in [0.1, 0.15) is 31.4 Å². The third kappa shape index (κ3) is 1.03. The molecule has 1 fully saturated rings. The number of nitrogens with zero attached hydrogens (tertiary/aromatic N) is 2. The van der Waals surface area contributed by atoms with Crippen LogP contribution in [-0.2, 0) is 12.0 Å². The molecule has 11 heavy (non-hydrogen) atoms. The highest BCUT2D eigenvalue weighted by Gasteiger charge is 2.43. The summed E-state index contributed by atoms with van der Waals surface area (Å²) < 4.78 is 0. The second-order valence-electron chi connectivity index (χ2n) is 3.12. The van der Waals surface area contributed by atoms with E-state index in [4.69, 9.17) is 5.73 Å². The van der Waals surface area contributed by atoms with Crippen molar-refractivity contribution in [2.24, 2.45) is 5.73 Å². The van der Waals surface area contributed by atoms with Gasteiger partial charge in [0.15, 0.2) is 5.82 Å². The monoisotopic (exact) mass is 152 g/mol. The fraction of sp³-hybridized carbons (Fsp3) is 0.714. The van der Waals surface area contributed by atoms with Gasteiger partial charge < -0.3 is 5.73 Å². The molecule has 0 radical (unpaired) electrons. The van der Waals surface area contributed by atoms with Crippen molar-refractivity contribution in [1.82, 2.24) is 15.2 Å². The van der Waals surface area contributed by atoms with E-state index in [0.29, 0.717) is 0 Å². The van der Waals surface area contributed by atoms with Crippen molar-refractivity contribution in [3.8, 4) is 0 Å². The maximum atomic E-state index is 5.89. The Morgan fingerprint density at radius 1 is 1.64 bits per heavy atom. The minimum Gasteiger partial charge on any atom is -0.319 e. The molecule has 1 aromatic rings. The van der Waals surface area contributed by atoms with Crippen LogP contribution in [0.5, 0.6) is 0 Å². The molecule has 1 saturated carbocycles. The highest BCUT2D eigenvalue weighted by atomic mass is 15.2. The molecular weight excluding hydrogens is 140 g/mol. The van der Waals surface area contributed by atoms with Crippen molar-refractivity contribution >= 4 is 0 Å². The molecule has 0 aliphatic heterocycles. The van der Waals surface area contributed by atoms with Gasteiger partial charge in [0.25, 0.3) is 0 Å². The molecule has 4 nitrogen and oxygen atoms in total. The van der Waals surface area contributed by atoms with Crippen molar-refractivity contribution < 1.29 is 0 Å². The maximum Gasteiger partial charge on any atom is 0.170 e. The van der Waals surface area contributed by atoms with Gasteiger partial charge in [-0.2, -0.15) is 5.10 Å². The number of nitrogens with one attached hydrogen (secondary N) is 1. The smallest absolute Gasteiger partial charge is 0.170 e. The maximum absolute atomic E-state index is 5.89. The van der Waals surface area contributed by atoms with Crippen LogP contribution in [-0.4, -0.2) is 15.2 Å². The molecule has 1 heterocycles. The second kappa shape index (κ2) is 2.04. The molecule has 0 bridgehead atoms. The third-order valence-corrected chi connectivity index (χ3v) is 2.10. The number of aryl methyl sites for hydroxylation is 1. The Hall–Kier alpha value is -0.900. The van der Waals surface area contributed by atoms with Gasteiger partial charge in [0.2, 0.25) is 0 Å². The number of aromatic nitrogens is 3. The largest absolute Gasteiger partial charge is 0.319 e. The molecule has 0 aromatic carbocycles. The molecule has 0 saturated heterocycles. The van der Waals surface area contributed by atoms with Crippen LogP contribution in [0.2, 0.25) is 0 Å².